The van der Waals surface area contributed by atoms with Gasteiger partial charge in [0.05, 0.1) is 23.7 Å². The van der Waals surface area contributed by atoms with Gasteiger partial charge in [0, 0.05) is 12.0 Å². The minimum Gasteiger partial charge on any atom is -0.504 e. The van der Waals surface area contributed by atoms with Gasteiger partial charge in [0.15, 0.2) is 46.6 Å². The summed E-state index contributed by atoms with van der Waals surface area (Å²) in [5, 5.41) is 104. The Morgan fingerprint density at radius 3 is 2.20 bits per heavy atom. The third kappa shape index (κ3) is 4.00. The number of phenolic OH excluding ortho intramolecular Hbond substituents is 5. The molecule has 2 fully saturated rings. The van der Waals surface area contributed by atoms with Crippen LogP contribution in [0.5, 0.6) is 34.5 Å². The first-order valence-corrected chi connectivity index (χ1v) is 12.8. The molecule has 10 N–H and O–H groups in total. The van der Waals surface area contributed by atoms with Gasteiger partial charge in [0.1, 0.15) is 18.3 Å². The highest BCUT2D eigenvalue weighted by molar-refractivity contribution is 5.96. The van der Waals surface area contributed by atoms with Crippen LogP contribution in [0, 0.1) is 0 Å². The molecule has 2 aromatic rings. The lowest BCUT2D eigenvalue weighted by atomic mass is 9.81. The first-order valence-electron chi connectivity index (χ1n) is 12.8. The summed E-state index contributed by atoms with van der Waals surface area (Å²) in [5.74, 6) is -14.9. The predicted molar refractivity (Wildman–Crippen MR) is 131 cm³/mol. The van der Waals surface area contributed by atoms with Crippen LogP contribution in [0.2, 0.25) is 0 Å². The van der Waals surface area contributed by atoms with E-state index in [1.54, 1.807) is 0 Å². The van der Waals surface area contributed by atoms with Crippen LogP contribution in [0.15, 0.2) is 18.2 Å². The lowest BCUT2D eigenvalue weighted by Gasteiger charge is -2.42. The van der Waals surface area contributed by atoms with Gasteiger partial charge in [0.2, 0.25) is 17.8 Å². The van der Waals surface area contributed by atoms with E-state index in [9.17, 15) is 65.4 Å². The molecule has 2 aromatic carbocycles. The minimum absolute atomic E-state index is 0.556. The molecule has 1 aliphatic carbocycles. The molecule has 1 saturated carbocycles. The standard InChI is InChI=1S/C26H24O18/c27-5-11-17-16(34)19(23(40-11)43-21(35)6-1-8(28)14(32)9(29)2-6)41-22(36)7-3-10(30)15(33)18-13(7)20-25(38,24(37)42-17)4-12(31)26(20,39)44-18/h1-3,11-12,16-17,19-20,23,27-34,38-39H,4-5H2/t11-,12-,16+,17+,19-,20+,23-,25-,26-/m1/s1. The third-order valence-corrected chi connectivity index (χ3v) is 8.09. The van der Waals surface area contributed by atoms with E-state index in [0.717, 1.165) is 0 Å². The van der Waals surface area contributed by atoms with Gasteiger partial charge < -0.3 is 74.7 Å². The van der Waals surface area contributed by atoms with Crippen molar-refractivity contribution in [1.29, 1.82) is 0 Å². The molecular formula is C26H24O18. The van der Waals surface area contributed by atoms with Crippen LogP contribution in [0.4, 0.5) is 0 Å². The van der Waals surface area contributed by atoms with Gasteiger partial charge in [-0.1, -0.05) is 0 Å². The van der Waals surface area contributed by atoms with E-state index in [4.69, 9.17) is 23.7 Å². The number of carbonyl (C=O) groups is 3. The van der Waals surface area contributed by atoms with Crippen LogP contribution in [-0.4, -0.2) is 124 Å². The summed E-state index contributed by atoms with van der Waals surface area (Å²) in [6.45, 7) is -1.02. The Morgan fingerprint density at radius 1 is 0.932 bits per heavy atom. The molecule has 0 unspecified atom stereocenters. The Bertz CT molecular complexity index is 1570. The number of benzene rings is 2. The Balaban J connectivity index is 1.46. The molecular weight excluding hydrogens is 600 g/mol. The first kappa shape index (κ1) is 29.5. The molecule has 6 rings (SSSR count). The SMILES string of the molecule is O=C(O[C@H]1O[C@H](CO)[C@@H]2OC(=O)[C@@]3(O)C[C@@H](O)[C@@]4(O)Oc5c(O)c(O)cc(c5[C@H]43)C(=O)O[C@@H]1[C@H]2O)c1cc(O)c(O)c(O)c1. The Hall–Kier alpha value is -4.59. The van der Waals surface area contributed by atoms with Crippen LogP contribution < -0.4 is 4.74 Å². The molecule has 1 saturated heterocycles. The molecule has 2 bridgehead atoms. The zero-order valence-electron chi connectivity index (χ0n) is 21.9. The van der Waals surface area contributed by atoms with Crippen molar-refractivity contribution < 1.29 is 89.1 Å². The Morgan fingerprint density at radius 2 is 1.57 bits per heavy atom. The molecule has 4 aliphatic rings. The largest absolute Gasteiger partial charge is 0.504 e. The second-order valence-corrected chi connectivity index (χ2v) is 10.7. The highest BCUT2D eigenvalue weighted by Crippen LogP contribution is 2.62. The smallest absolute Gasteiger partial charge is 0.340 e. The third-order valence-electron chi connectivity index (χ3n) is 8.09. The van der Waals surface area contributed by atoms with Gasteiger partial charge in [-0.05, 0) is 18.2 Å². The number of phenols is 5. The zero-order chi connectivity index (χ0) is 32.0. The number of hydrogen-bond acceptors (Lipinski definition) is 18. The maximum absolute atomic E-state index is 13.6. The average molecular weight is 624 g/mol. The van der Waals surface area contributed by atoms with Crippen molar-refractivity contribution in [2.45, 2.75) is 60.5 Å². The molecule has 0 aromatic heterocycles. The molecule has 0 amide bonds. The Labute approximate surface area is 244 Å². The molecule has 0 radical (unpaired) electrons. The lowest BCUT2D eigenvalue weighted by molar-refractivity contribution is -0.290. The van der Waals surface area contributed by atoms with Crippen molar-refractivity contribution in [1.82, 2.24) is 0 Å². The van der Waals surface area contributed by atoms with Crippen LogP contribution in [-0.2, 0) is 23.7 Å². The van der Waals surface area contributed by atoms with Crippen molar-refractivity contribution in [3.8, 4) is 34.5 Å². The highest BCUT2D eigenvalue weighted by Gasteiger charge is 2.73. The number of aliphatic hydroxyl groups excluding tert-OH is 3. The topological polar surface area (TPSA) is 300 Å². The number of aromatic hydroxyl groups is 5. The van der Waals surface area contributed by atoms with Crippen molar-refractivity contribution in [2.24, 2.45) is 0 Å². The first-order chi connectivity index (χ1) is 20.6. The molecule has 3 aliphatic heterocycles. The zero-order valence-corrected chi connectivity index (χ0v) is 21.9. The van der Waals surface area contributed by atoms with E-state index in [0.29, 0.717) is 18.2 Å². The molecule has 44 heavy (non-hydrogen) atoms. The summed E-state index contributed by atoms with van der Waals surface area (Å²) in [4.78, 5) is 40.0. The summed E-state index contributed by atoms with van der Waals surface area (Å²) in [5.41, 5.74) is -4.77. The second kappa shape index (κ2) is 9.71. The summed E-state index contributed by atoms with van der Waals surface area (Å²) < 4.78 is 26.7. The number of rotatable bonds is 3. The second-order valence-electron chi connectivity index (χ2n) is 10.7. The maximum atomic E-state index is 13.6. The van der Waals surface area contributed by atoms with Gasteiger partial charge in [-0.3, -0.25) is 0 Å². The highest BCUT2D eigenvalue weighted by atomic mass is 16.7. The fourth-order valence-electron chi connectivity index (χ4n) is 5.95. The average Bonchev–Trinajstić information content (AvgIpc) is 3.40. The van der Waals surface area contributed by atoms with Gasteiger partial charge in [-0.2, -0.15) is 0 Å². The van der Waals surface area contributed by atoms with E-state index in [-0.39, 0.29) is 0 Å². The molecule has 9 atom stereocenters. The summed E-state index contributed by atoms with van der Waals surface area (Å²) in [7, 11) is 0. The van der Waals surface area contributed by atoms with E-state index >= 15 is 0 Å². The van der Waals surface area contributed by atoms with Gasteiger partial charge >= 0.3 is 17.9 Å². The van der Waals surface area contributed by atoms with Crippen LogP contribution in [0.3, 0.4) is 0 Å². The molecule has 18 heteroatoms. The van der Waals surface area contributed by atoms with E-state index < -0.39 is 136 Å². The molecule has 236 valence electrons. The van der Waals surface area contributed by atoms with Gasteiger partial charge in [-0.15, -0.1) is 0 Å². The van der Waals surface area contributed by atoms with Crippen molar-refractivity contribution >= 4 is 17.9 Å². The monoisotopic (exact) mass is 624 g/mol. The molecule has 0 spiro atoms. The summed E-state index contributed by atoms with van der Waals surface area (Å²) >= 11 is 0. The summed E-state index contributed by atoms with van der Waals surface area (Å²) in [6, 6.07) is 2.03. The number of aliphatic hydroxyl groups is 5. The number of ether oxygens (including phenoxy) is 5. The molecule has 3 heterocycles. The van der Waals surface area contributed by atoms with Crippen molar-refractivity contribution in [3.05, 3.63) is 34.9 Å². The number of carbonyl (C=O) groups excluding carboxylic acids is 3. The van der Waals surface area contributed by atoms with Gasteiger partial charge in [0.25, 0.3) is 0 Å². The Kier molecular flexibility index (Phi) is 6.50. The van der Waals surface area contributed by atoms with Crippen molar-refractivity contribution in [3.63, 3.8) is 0 Å². The number of hydrogen-bond donors (Lipinski definition) is 10. The normalized spacial score (nSPS) is 35.5. The maximum Gasteiger partial charge on any atom is 0.340 e. The van der Waals surface area contributed by atoms with Crippen LogP contribution >= 0.6 is 0 Å². The number of fused-ring (bicyclic) bond motifs is 2. The minimum atomic E-state index is -2.90. The number of esters is 3. The van der Waals surface area contributed by atoms with Crippen LogP contribution in [0.25, 0.3) is 0 Å². The van der Waals surface area contributed by atoms with E-state index in [1.807, 2.05) is 0 Å². The van der Waals surface area contributed by atoms with E-state index in [1.165, 1.54) is 0 Å². The summed E-state index contributed by atoms with van der Waals surface area (Å²) in [6.07, 6.45) is -13.0. The van der Waals surface area contributed by atoms with Gasteiger partial charge in [-0.25, -0.2) is 14.4 Å². The molecule has 18 nitrogen and oxygen atoms in total. The van der Waals surface area contributed by atoms with E-state index in [2.05, 4.69) is 0 Å². The lowest BCUT2D eigenvalue weighted by Crippen LogP contribution is -2.62. The van der Waals surface area contributed by atoms with Crippen LogP contribution in [0.1, 0.15) is 38.6 Å². The fourth-order valence-corrected chi connectivity index (χ4v) is 5.95. The fraction of sp³-hybridized carbons (Fsp3) is 0.423. The van der Waals surface area contributed by atoms with Crippen molar-refractivity contribution in [2.75, 3.05) is 6.61 Å². The predicted octanol–water partition coefficient (Wildman–Crippen LogP) is -2.74. The quantitative estimate of drug-likeness (QED) is 0.0941.